The molecule has 0 amide bonds. The van der Waals surface area contributed by atoms with Gasteiger partial charge in [0.1, 0.15) is 11.5 Å². The Hall–Kier alpha value is -2.77. The summed E-state index contributed by atoms with van der Waals surface area (Å²) < 4.78 is 11.6. The molecule has 8 heteroatoms. The van der Waals surface area contributed by atoms with E-state index in [0.29, 0.717) is 11.5 Å². The summed E-state index contributed by atoms with van der Waals surface area (Å²) in [5.74, 6) is -0.762. The summed E-state index contributed by atoms with van der Waals surface area (Å²) in [5.41, 5.74) is 2.51. The number of nitrogens with zero attached hydrogens (tertiary/aromatic N) is 1. The van der Waals surface area contributed by atoms with Gasteiger partial charge in [0.2, 0.25) is 0 Å². The van der Waals surface area contributed by atoms with Crippen LogP contribution in [0.3, 0.4) is 0 Å². The lowest BCUT2D eigenvalue weighted by molar-refractivity contribution is -0.932. The molecule has 7 nitrogen and oxygen atoms in total. The fourth-order valence-electron chi connectivity index (χ4n) is 4.77. The van der Waals surface area contributed by atoms with Crippen LogP contribution in [0.15, 0.2) is 48.5 Å². The van der Waals surface area contributed by atoms with E-state index in [1.807, 2.05) is 48.5 Å². The zero-order valence-corrected chi connectivity index (χ0v) is 20.9. The highest BCUT2D eigenvalue weighted by molar-refractivity contribution is 5.68. The monoisotopic (exact) mass is 505 g/mol. The van der Waals surface area contributed by atoms with Gasteiger partial charge in [-0.15, -0.1) is 0 Å². The Morgan fingerprint density at radius 2 is 1.09 bits per heavy atom. The van der Waals surface area contributed by atoms with Gasteiger partial charge < -0.3 is 36.6 Å². The van der Waals surface area contributed by atoms with Gasteiger partial charge in [-0.25, -0.2) is 9.59 Å². The first-order valence-electron chi connectivity index (χ1n) is 12.2. The lowest BCUT2D eigenvalue weighted by Gasteiger charge is -2.42. The second-order valence-electron chi connectivity index (χ2n) is 9.16. The number of aliphatic carboxylic acids is 2. The van der Waals surface area contributed by atoms with E-state index in [-0.39, 0.29) is 25.6 Å². The van der Waals surface area contributed by atoms with Crippen LogP contribution in [0, 0.1) is 0 Å². The Labute approximate surface area is 213 Å². The molecular formula is C27H36ClNO6. The minimum absolute atomic E-state index is 0. The van der Waals surface area contributed by atoms with Crippen molar-refractivity contribution in [3.63, 3.8) is 0 Å². The third kappa shape index (κ3) is 10.2. The molecule has 1 aliphatic heterocycles. The van der Waals surface area contributed by atoms with Gasteiger partial charge in [-0.3, -0.25) is 0 Å². The van der Waals surface area contributed by atoms with E-state index in [1.54, 1.807) is 0 Å². The van der Waals surface area contributed by atoms with Crippen LogP contribution in [0.4, 0.5) is 0 Å². The van der Waals surface area contributed by atoms with Crippen molar-refractivity contribution < 1.29 is 46.2 Å². The molecule has 0 unspecified atom stereocenters. The van der Waals surface area contributed by atoms with Crippen molar-refractivity contribution in [3.05, 3.63) is 59.7 Å². The smallest absolute Gasteiger partial charge is 0.341 e. The number of halogens is 1. The molecule has 1 heterocycles. The highest BCUT2D eigenvalue weighted by Gasteiger charge is 2.28. The molecule has 2 N–H and O–H groups in total. The molecule has 0 atom stereocenters. The fourth-order valence-corrected chi connectivity index (χ4v) is 4.77. The number of carbonyl (C=O) groups is 2. The number of carboxylic acid groups (broad SMARTS) is 2. The Morgan fingerprint density at radius 1 is 0.686 bits per heavy atom. The number of carboxylic acids is 2. The molecular weight excluding hydrogens is 470 g/mol. The first kappa shape index (κ1) is 28.5. The lowest BCUT2D eigenvalue weighted by Crippen LogP contribution is -3.00. The number of piperidine rings is 1. The molecule has 2 aromatic rings. The van der Waals surface area contributed by atoms with Crippen molar-refractivity contribution in [3.8, 4) is 11.5 Å². The van der Waals surface area contributed by atoms with Gasteiger partial charge in [-0.05, 0) is 67.5 Å². The number of hydrogen-bond acceptors (Lipinski definition) is 4. The highest BCUT2D eigenvalue weighted by Crippen LogP contribution is 2.23. The van der Waals surface area contributed by atoms with E-state index in [1.165, 1.54) is 61.1 Å². The summed E-state index contributed by atoms with van der Waals surface area (Å²) in [6.07, 6.45) is 8.20. The van der Waals surface area contributed by atoms with E-state index >= 15 is 0 Å². The molecule has 2 aromatic carbocycles. The maximum atomic E-state index is 10.6. The van der Waals surface area contributed by atoms with Crippen molar-refractivity contribution >= 4 is 11.9 Å². The van der Waals surface area contributed by atoms with Gasteiger partial charge in [-0.1, -0.05) is 24.3 Å². The summed E-state index contributed by atoms with van der Waals surface area (Å²) >= 11 is 0. The average Bonchev–Trinajstić information content (AvgIpc) is 2.83. The Morgan fingerprint density at radius 3 is 1.46 bits per heavy atom. The summed E-state index contributed by atoms with van der Waals surface area (Å²) in [6, 6.07) is 15.5. The van der Waals surface area contributed by atoms with Gasteiger partial charge in [0, 0.05) is 12.8 Å². The van der Waals surface area contributed by atoms with Crippen LogP contribution >= 0.6 is 0 Å². The fraction of sp³-hybridized carbons (Fsp3) is 0.481. The molecule has 192 valence electrons. The Balaban J connectivity index is 0.00000432. The van der Waals surface area contributed by atoms with Gasteiger partial charge in [-0.2, -0.15) is 0 Å². The number of aryl methyl sites for hydroxylation is 2. The van der Waals surface area contributed by atoms with E-state index < -0.39 is 11.9 Å². The van der Waals surface area contributed by atoms with E-state index in [2.05, 4.69) is 0 Å². The average molecular weight is 506 g/mol. The van der Waals surface area contributed by atoms with E-state index in [9.17, 15) is 9.59 Å². The molecule has 35 heavy (non-hydrogen) atoms. The normalized spacial score (nSPS) is 14.5. The van der Waals surface area contributed by atoms with Crippen LogP contribution in [-0.2, 0) is 22.4 Å². The molecule has 0 radical (unpaired) electrons. The zero-order valence-electron chi connectivity index (χ0n) is 20.2. The van der Waals surface area contributed by atoms with Gasteiger partial charge in [0.25, 0.3) is 0 Å². The quantitative estimate of drug-likeness (QED) is 0.375. The first-order valence-corrected chi connectivity index (χ1v) is 12.2. The van der Waals surface area contributed by atoms with Crippen LogP contribution in [0.25, 0.3) is 0 Å². The van der Waals surface area contributed by atoms with Crippen LogP contribution in [0.2, 0.25) is 0 Å². The third-order valence-electron chi connectivity index (χ3n) is 6.53. The third-order valence-corrected chi connectivity index (χ3v) is 6.53. The number of likely N-dealkylation sites (tertiary alicyclic amines) is 1. The van der Waals surface area contributed by atoms with Crippen molar-refractivity contribution in [2.75, 3.05) is 39.4 Å². The van der Waals surface area contributed by atoms with Gasteiger partial charge >= 0.3 is 11.9 Å². The van der Waals surface area contributed by atoms with Crippen LogP contribution < -0.4 is 21.9 Å². The maximum absolute atomic E-state index is 10.6. The Kier molecular flexibility index (Phi) is 11.9. The number of hydrogen-bond donors (Lipinski definition) is 2. The predicted octanol–water partition coefficient (Wildman–Crippen LogP) is 1.18. The second kappa shape index (κ2) is 14.6. The number of benzene rings is 2. The summed E-state index contributed by atoms with van der Waals surface area (Å²) in [5, 5.41) is 17.4. The van der Waals surface area contributed by atoms with Crippen molar-refractivity contribution in [2.45, 2.75) is 44.9 Å². The topological polar surface area (TPSA) is 93.1 Å². The minimum Gasteiger partial charge on any atom is -1.00 e. The van der Waals surface area contributed by atoms with Gasteiger partial charge in [0.05, 0.1) is 26.2 Å². The van der Waals surface area contributed by atoms with Crippen LogP contribution in [-0.4, -0.2) is 66.0 Å². The van der Waals surface area contributed by atoms with Crippen molar-refractivity contribution in [1.82, 2.24) is 0 Å². The molecule has 0 bridgehead atoms. The zero-order chi connectivity index (χ0) is 24.2. The number of ether oxygens (including phenoxy) is 2. The first-order chi connectivity index (χ1) is 16.4. The second-order valence-corrected chi connectivity index (χ2v) is 9.16. The molecule has 0 aromatic heterocycles. The number of quaternary nitrogens is 1. The largest absolute Gasteiger partial charge is 1.00 e. The van der Waals surface area contributed by atoms with Crippen molar-refractivity contribution in [1.29, 1.82) is 0 Å². The molecule has 1 fully saturated rings. The Bertz CT molecular complexity index is 841. The standard InChI is InChI=1S/C27H35NO6.ClH/c29-26(30)20-33-24-12-8-22(9-13-24)6-4-18-28(16-2-1-3-17-28)19-5-7-23-10-14-25(15-11-23)34-21-27(31)32;/h8-15H,1-7,16-21H2,(H-,29,30,31,32);1H. The maximum Gasteiger partial charge on any atom is 0.341 e. The molecule has 1 aliphatic rings. The molecule has 0 aliphatic carbocycles. The predicted molar refractivity (Wildman–Crippen MR) is 129 cm³/mol. The van der Waals surface area contributed by atoms with Gasteiger partial charge in [0.15, 0.2) is 13.2 Å². The van der Waals surface area contributed by atoms with E-state index in [4.69, 9.17) is 19.7 Å². The SMILES string of the molecule is O=C(O)COc1ccc(CCC[N+]2(CCCc3ccc(OCC(=O)O)cc3)CCCCC2)cc1.[Cl-]. The number of rotatable bonds is 14. The van der Waals surface area contributed by atoms with E-state index in [0.717, 1.165) is 25.7 Å². The van der Waals surface area contributed by atoms with Crippen LogP contribution in [0.5, 0.6) is 11.5 Å². The molecule has 0 spiro atoms. The summed E-state index contributed by atoms with van der Waals surface area (Å²) in [4.78, 5) is 21.3. The molecule has 3 rings (SSSR count). The van der Waals surface area contributed by atoms with Crippen LogP contribution in [0.1, 0.15) is 43.2 Å². The lowest BCUT2D eigenvalue weighted by atomic mass is 10.0. The minimum atomic E-state index is -0.971. The highest BCUT2D eigenvalue weighted by atomic mass is 35.5. The summed E-state index contributed by atoms with van der Waals surface area (Å²) in [6.45, 7) is 4.23. The molecule has 0 saturated carbocycles. The summed E-state index contributed by atoms with van der Waals surface area (Å²) in [7, 11) is 0. The van der Waals surface area contributed by atoms with Crippen molar-refractivity contribution in [2.24, 2.45) is 0 Å². The molecule has 1 saturated heterocycles.